The van der Waals surface area contributed by atoms with E-state index >= 15 is 0 Å². The van der Waals surface area contributed by atoms with Crippen molar-refractivity contribution in [2.45, 2.75) is 38.3 Å². The maximum Gasteiger partial charge on any atom is 0.0419 e. The van der Waals surface area contributed by atoms with Crippen LogP contribution >= 0.6 is 0 Å². The Morgan fingerprint density at radius 3 is 3.07 bits per heavy atom. The molecule has 2 nitrogen and oxygen atoms in total. The fourth-order valence-electron chi connectivity index (χ4n) is 2.42. The van der Waals surface area contributed by atoms with Crippen LogP contribution in [0.4, 0.5) is 5.69 Å². The first-order chi connectivity index (χ1) is 7.43. The van der Waals surface area contributed by atoms with E-state index in [2.05, 4.69) is 28.8 Å². The van der Waals surface area contributed by atoms with Crippen molar-refractivity contribution in [3.8, 4) is 0 Å². The van der Waals surface area contributed by atoms with Gasteiger partial charge >= 0.3 is 0 Å². The average molecular weight is 202 g/mol. The monoisotopic (exact) mass is 202 g/mol. The third kappa shape index (κ3) is 1.74. The molecule has 0 radical (unpaired) electrons. The Morgan fingerprint density at radius 2 is 2.27 bits per heavy atom. The van der Waals surface area contributed by atoms with Gasteiger partial charge in [0.1, 0.15) is 0 Å². The lowest BCUT2D eigenvalue weighted by Crippen LogP contribution is -2.34. The summed E-state index contributed by atoms with van der Waals surface area (Å²) < 4.78 is 0. The van der Waals surface area contributed by atoms with Crippen LogP contribution in [0.3, 0.4) is 0 Å². The maximum absolute atomic E-state index is 3.63. The maximum atomic E-state index is 3.63. The Bertz CT molecular complexity index is 356. The summed E-state index contributed by atoms with van der Waals surface area (Å²) >= 11 is 0. The number of rotatable bonds is 3. The van der Waals surface area contributed by atoms with Crippen molar-refractivity contribution in [2.24, 2.45) is 0 Å². The predicted molar refractivity (Wildman–Crippen MR) is 63.1 cm³/mol. The van der Waals surface area contributed by atoms with Gasteiger partial charge in [-0.05, 0) is 30.4 Å². The molecule has 0 bridgehead atoms. The molecule has 1 fully saturated rings. The Labute approximate surface area is 91.1 Å². The van der Waals surface area contributed by atoms with Crippen LogP contribution in [0, 0.1) is 0 Å². The molecule has 80 valence electrons. The fraction of sp³-hybridized carbons (Fsp3) is 0.538. The minimum Gasteiger partial charge on any atom is -0.384 e. The predicted octanol–water partition coefficient (Wildman–Crippen LogP) is 2.30. The topological polar surface area (TPSA) is 24.1 Å². The molecule has 0 saturated heterocycles. The Hall–Kier alpha value is -1.02. The van der Waals surface area contributed by atoms with Gasteiger partial charge in [0.25, 0.3) is 0 Å². The van der Waals surface area contributed by atoms with Gasteiger partial charge in [-0.2, -0.15) is 0 Å². The molecular weight excluding hydrogens is 184 g/mol. The second-order valence-corrected chi connectivity index (χ2v) is 4.64. The van der Waals surface area contributed by atoms with Gasteiger partial charge in [-0.15, -0.1) is 0 Å². The van der Waals surface area contributed by atoms with Crippen LogP contribution in [-0.2, 0) is 13.0 Å². The number of hydrogen-bond acceptors (Lipinski definition) is 2. The van der Waals surface area contributed by atoms with E-state index in [-0.39, 0.29) is 0 Å². The summed E-state index contributed by atoms with van der Waals surface area (Å²) in [6.45, 7) is 2.14. The molecule has 1 saturated carbocycles. The van der Waals surface area contributed by atoms with Crippen molar-refractivity contribution in [3.05, 3.63) is 29.3 Å². The van der Waals surface area contributed by atoms with Crippen LogP contribution in [0.25, 0.3) is 0 Å². The number of para-hydroxylation sites is 1. The second-order valence-electron chi connectivity index (χ2n) is 4.64. The van der Waals surface area contributed by atoms with Crippen LogP contribution in [0.15, 0.2) is 18.2 Å². The van der Waals surface area contributed by atoms with Crippen LogP contribution < -0.4 is 10.6 Å². The van der Waals surface area contributed by atoms with Crippen LogP contribution in [0.2, 0.25) is 0 Å². The fourth-order valence-corrected chi connectivity index (χ4v) is 2.42. The summed E-state index contributed by atoms with van der Waals surface area (Å²) in [7, 11) is 0. The van der Waals surface area contributed by atoms with E-state index in [0.717, 1.165) is 19.1 Å². The van der Waals surface area contributed by atoms with Crippen LogP contribution in [0.1, 0.15) is 30.4 Å². The van der Waals surface area contributed by atoms with Crippen LogP contribution in [0.5, 0.6) is 0 Å². The second kappa shape index (κ2) is 3.86. The van der Waals surface area contributed by atoms with E-state index in [1.165, 1.54) is 42.5 Å². The van der Waals surface area contributed by atoms with Crippen molar-refractivity contribution in [2.75, 3.05) is 11.9 Å². The number of anilines is 1. The first kappa shape index (κ1) is 9.22. The highest BCUT2D eigenvalue weighted by Gasteiger charge is 2.18. The summed E-state index contributed by atoms with van der Waals surface area (Å²) in [5, 5.41) is 7.11. The molecule has 0 aromatic heterocycles. The Kier molecular flexibility index (Phi) is 2.37. The number of fused-ring (bicyclic) bond motifs is 1. The summed E-state index contributed by atoms with van der Waals surface area (Å²) in [5.41, 5.74) is 4.32. The zero-order valence-corrected chi connectivity index (χ0v) is 9.05. The molecule has 0 unspecified atom stereocenters. The summed E-state index contributed by atoms with van der Waals surface area (Å²) in [4.78, 5) is 0. The number of benzene rings is 1. The molecule has 1 aliphatic heterocycles. The molecule has 0 atom stereocenters. The third-order valence-electron chi connectivity index (χ3n) is 3.62. The molecule has 15 heavy (non-hydrogen) atoms. The molecule has 1 aliphatic carbocycles. The lowest BCUT2D eigenvalue weighted by Gasteiger charge is -2.27. The average Bonchev–Trinajstić information content (AvgIpc) is 2.63. The highest BCUT2D eigenvalue weighted by atomic mass is 14.9. The summed E-state index contributed by atoms with van der Waals surface area (Å²) in [5.74, 6) is 0. The van der Waals surface area contributed by atoms with Gasteiger partial charge in [0, 0.05) is 24.8 Å². The molecular formula is C13H18N2. The van der Waals surface area contributed by atoms with Gasteiger partial charge in [-0.1, -0.05) is 24.6 Å². The molecule has 2 N–H and O–H groups in total. The van der Waals surface area contributed by atoms with E-state index in [1.807, 2.05) is 0 Å². The Morgan fingerprint density at radius 1 is 1.33 bits per heavy atom. The minimum absolute atomic E-state index is 0.780. The summed E-state index contributed by atoms with van der Waals surface area (Å²) in [6.07, 6.45) is 5.32. The van der Waals surface area contributed by atoms with Crippen molar-refractivity contribution < 1.29 is 0 Å². The lowest BCUT2D eigenvalue weighted by molar-refractivity contribution is 0.338. The third-order valence-corrected chi connectivity index (χ3v) is 3.62. The van der Waals surface area contributed by atoms with Gasteiger partial charge < -0.3 is 10.6 Å². The zero-order valence-electron chi connectivity index (χ0n) is 9.05. The molecule has 2 aliphatic rings. The SMILES string of the molecule is c1cc2c(c(CNC3CCC3)c1)NCC2. The number of nitrogens with one attached hydrogen (secondary N) is 2. The highest BCUT2D eigenvalue weighted by Crippen LogP contribution is 2.27. The van der Waals surface area contributed by atoms with E-state index < -0.39 is 0 Å². The van der Waals surface area contributed by atoms with Gasteiger partial charge in [-0.3, -0.25) is 0 Å². The smallest absolute Gasteiger partial charge is 0.0419 e. The van der Waals surface area contributed by atoms with Gasteiger partial charge in [-0.25, -0.2) is 0 Å². The van der Waals surface area contributed by atoms with Crippen LogP contribution in [-0.4, -0.2) is 12.6 Å². The first-order valence-electron chi connectivity index (χ1n) is 6.01. The molecule has 1 aromatic carbocycles. The largest absolute Gasteiger partial charge is 0.384 e. The molecule has 2 heteroatoms. The van der Waals surface area contributed by atoms with Gasteiger partial charge in [0.2, 0.25) is 0 Å². The molecule has 0 spiro atoms. The van der Waals surface area contributed by atoms with E-state index in [4.69, 9.17) is 0 Å². The summed E-state index contributed by atoms with van der Waals surface area (Å²) in [6, 6.07) is 7.44. The Balaban J connectivity index is 1.71. The van der Waals surface area contributed by atoms with E-state index in [9.17, 15) is 0 Å². The zero-order chi connectivity index (χ0) is 10.1. The molecule has 3 rings (SSSR count). The molecule has 1 aromatic rings. The lowest BCUT2D eigenvalue weighted by atomic mass is 9.93. The van der Waals surface area contributed by atoms with Gasteiger partial charge in [0.15, 0.2) is 0 Å². The van der Waals surface area contributed by atoms with Crippen molar-refractivity contribution in [3.63, 3.8) is 0 Å². The van der Waals surface area contributed by atoms with Crippen molar-refractivity contribution >= 4 is 5.69 Å². The quantitative estimate of drug-likeness (QED) is 0.786. The normalized spacial score (nSPS) is 19.5. The highest BCUT2D eigenvalue weighted by molar-refractivity contribution is 5.61. The number of hydrogen-bond donors (Lipinski definition) is 2. The van der Waals surface area contributed by atoms with Crippen molar-refractivity contribution in [1.29, 1.82) is 0 Å². The van der Waals surface area contributed by atoms with Crippen molar-refractivity contribution in [1.82, 2.24) is 5.32 Å². The standard InChI is InChI=1S/C13H18N2/c1-3-10-7-8-14-13(10)11(4-1)9-15-12-5-2-6-12/h1,3-4,12,14-15H,2,5-9H2. The minimum atomic E-state index is 0.780. The van der Waals surface area contributed by atoms with E-state index in [0.29, 0.717) is 0 Å². The van der Waals surface area contributed by atoms with Gasteiger partial charge in [0.05, 0.1) is 0 Å². The molecule has 1 heterocycles. The molecule has 0 amide bonds. The van der Waals surface area contributed by atoms with E-state index in [1.54, 1.807) is 0 Å². The first-order valence-corrected chi connectivity index (χ1v) is 6.01.